The zero-order valence-electron chi connectivity index (χ0n) is 9.68. The van der Waals surface area contributed by atoms with Crippen molar-refractivity contribution in [2.24, 2.45) is 0 Å². The molecule has 0 spiro atoms. The molecule has 0 aromatic carbocycles. The minimum Gasteiger partial charge on any atom is -0.479 e. The number of aliphatic hydroxyl groups is 1. The molecule has 0 aliphatic carbocycles. The molecule has 8 nitrogen and oxygen atoms in total. The highest BCUT2D eigenvalue weighted by Gasteiger charge is 2.28. The summed E-state index contributed by atoms with van der Waals surface area (Å²) in [5.41, 5.74) is 1.17. The summed E-state index contributed by atoms with van der Waals surface area (Å²) in [5.74, 6) is 0.413. The smallest absolute Gasteiger partial charge is 0.245 e. The topological polar surface area (TPSA) is 91.5 Å². The molecule has 1 saturated heterocycles. The molecule has 8 heteroatoms. The van der Waals surface area contributed by atoms with Crippen molar-refractivity contribution in [3.63, 3.8) is 0 Å². The zero-order valence-corrected chi connectivity index (χ0v) is 9.68. The maximum Gasteiger partial charge on any atom is 0.245 e. The van der Waals surface area contributed by atoms with Crippen LogP contribution in [-0.4, -0.2) is 51.2 Å². The third-order valence-corrected chi connectivity index (χ3v) is 2.71. The molecular weight excluding hydrogens is 240 g/mol. The largest absolute Gasteiger partial charge is 0.479 e. The van der Waals surface area contributed by atoms with E-state index < -0.39 is 6.29 Å². The van der Waals surface area contributed by atoms with Crippen molar-refractivity contribution in [2.45, 2.75) is 12.5 Å². The molecule has 1 aliphatic rings. The number of rotatable bonds is 3. The normalized spacial score (nSPS) is 23.7. The molecule has 2 aromatic heterocycles. The third kappa shape index (κ3) is 1.70. The van der Waals surface area contributed by atoms with E-state index in [9.17, 15) is 0 Å². The Bertz CT molecular complexity index is 558. The second-order valence-corrected chi connectivity index (χ2v) is 3.74. The van der Waals surface area contributed by atoms with Crippen LogP contribution < -0.4 is 4.74 Å². The van der Waals surface area contributed by atoms with Gasteiger partial charge in [0.1, 0.15) is 6.33 Å². The van der Waals surface area contributed by atoms with Gasteiger partial charge in [0.05, 0.1) is 26.7 Å². The van der Waals surface area contributed by atoms with Crippen molar-refractivity contribution in [2.75, 3.05) is 20.3 Å². The number of fused-ring (bicyclic) bond motifs is 1. The van der Waals surface area contributed by atoms with Crippen LogP contribution in [0.2, 0.25) is 0 Å². The lowest BCUT2D eigenvalue weighted by atomic mass is 10.5. The molecule has 2 aromatic rings. The quantitative estimate of drug-likeness (QED) is 0.801. The molecule has 1 N–H and O–H groups in total. The molecule has 3 heterocycles. The zero-order chi connectivity index (χ0) is 12.5. The van der Waals surface area contributed by atoms with Crippen molar-refractivity contribution in [1.82, 2.24) is 19.5 Å². The summed E-state index contributed by atoms with van der Waals surface area (Å²) in [6, 6.07) is 0. The number of imidazole rings is 1. The fourth-order valence-corrected chi connectivity index (χ4v) is 1.88. The van der Waals surface area contributed by atoms with Crippen LogP contribution in [0.3, 0.4) is 0 Å². The maximum atomic E-state index is 8.96. The highest BCUT2D eigenvalue weighted by Crippen LogP contribution is 2.26. The van der Waals surface area contributed by atoms with E-state index in [4.69, 9.17) is 19.3 Å². The van der Waals surface area contributed by atoms with Gasteiger partial charge in [0.25, 0.3) is 0 Å². The molecule has 0 saturated carbocycles. The lowest BCUT2D eigenvalue weighted by Crippen LogP contribution is -2.15. The Hall–Kier alpha value is -1.77. The summed E-state index contributed by atoms with van der Waals surface area (Å²) in [4.78, 5) is 12.3. The molecule has 1 aliphatic heterocycles. The first-order valence-corrected chi connectivity index (χ1v) is 5.43. The van der Waals surface area contributed by atoms with Crippen molar-refractivity contribution in [1.29, 1.82) is 0 Å². The molecule has 18 heavy (non-hydrogen) atoms. The number of nitrogens with zero attached hydrogens (tertiary/aromatic N) is 4. The van der Waals surface area contributed by atoms with Crippen LogP contribution >= 0.6 is 0 Å². The van der Waals surface area contributed by atoms with Crippen molar-refractivity contribution in [3.05, 3.63) is 12.7 Å². The standard InChI is InChI=1S/C10H12N4O4/c1-16-10-8-9(11-4-12-10)14(5-13-8)6-3-17-7(2-15)18-6/h4-7,15H,2-3H2,1H3/t6-,7?/m0/s1. The molecular formula is C10H12N4O4. The Morgan fingerprint density at radius 2 is 2.39 bits per heavy atom. The predicted octanol–water partition coefficient (Wildman–Crippen LogP) is -0.301. The fourth-order valence-electron chi connectivity index (χ4n) is 1.88. The monoisotopic (exact) mass is 252 g/mol. The second-order valence-electron chi connectivity index (χ2n) is 3.74. The lowest BCUT2D eigenvalue weighted by Gasteiger charge is -2.11. The Morgan fingerprint density at radius 1 is 1.50 bits per heavy atom. The van der Waals surface area contributed by atoms with Gasteiger partial charge in [-0.25, -0.2) is 9.97 Å². The molecule has 1 unspecified atom stereocenters. The SMILES string of the molecule is COc1ncnc2c1ncn2[C@@H]1COC(CO)O1. The Kier molecular flexibility index (Phi) is 2.82. The average Bonchev–Trinajstić information content (AvgIpc) is 3.03. The van der Waals surface area contributed by atoms with E-state index in [2.05, 4.69) is 15.0 Å². The van der Waals surface area contributed by atoms with E-state index in [0.717, 1.165) is 0 Å². The lowest BCUT2D eigenvalue weighted by molar-refractivity contribution is -0.0980. The highest BCUT2D eigenvalue weighted by molar-refractivity contribution is 5.75. The van der Waals surface area contributed by atoms with Crippen LogP contribution in [0.1, 0.15) is 6.23 Å². The number of hydrogen-bond donors (Lipinski definition) is 1. The van der Waals surface area contributed by atoms with Gasteiger partial charge in [0.2, 0.25) is 5.88 Å². The second kappa shape index (κ2) is 4.48. The van der Waals surface area contributed by atoms with Crippen LogP contribution in [0, 0.1) is 0 Å². The molecule has 0 radical (unpaired) electrons. The van der Waals surface area contributed by atoms with Gasteiger partial charge in [-0.2, -0.15) is 4.98 Å². The van der Waals surface area contributed by atoms with Gasteiger partial charge in [-0.3, -0.25) is 4.57 Å². The first-order chi connectivity index (χ1) is 8.83. The van der Waals surface area contributed by atoms with Crippen LogP contribution in [0.4, 0.5) is 0 Å². The van der Waals surface area contributed by atoms with E-state index in [1.807, 2.05) is 0 Å². The Labute approximate surface area is 102 Å². The van der Waals surface area contributed by atoms with Gasteiger partial charge in [-0.15, -0.1) is 0 Å². The first kappa shape index (κ1) is 11.3. The number of methoxy groups -OCH3 is 1. The van der Waals surface area contributed by atoms with Crippen LogP contribution in [0.15, 0.2) is 12.7 Å². The minimum atomic E-state index is -0.601. The van der Waals surface area contributed by atoms with Crippen molar-refractivity contribution >= 4 is 11.2 Å². The summed E-state index contributed by atoms with van der Waals surface area (Å²) < 4.78 is 17.6. The molecule has 2 atom stereocenters. The summed E-state index contributed by atoms with van der Waals surface area (Å²) >= 11 is 0. The fraction of sp³-hybridized carbons (Fsp3) is 0.500. The van der Waals surface area contributed by atoms with Gasteiger partial charge in [-0.1, -0.05) is 0 Å². The van der Waals surface area contributed by atoms with Crippen LogP contribution in [0.5, 0.6) is 5.88 Å². The van der Waals surface area contributed by atoms with E-state index in [-0.39, 0.29) is 12.8 Å². The van der Waals surface area contributed by atoms with Gasteiger partial charge in [-0.05, 0) is 0 Å². The van der Waals surface area contributed by atoms with Crippen molar-refractivity contribution < 1.29 is 19.3 Å². The van der Waals surface area contributed by atoms with Gasteiger partial charge >= 0.3 is 0 Å². The average molecular weight is 252 g/mol. The molecule has 0 amide bonds. The molecule has 1 fully saturated rings. The third-order valence-electron chi connectivity index (χ3n) is 2.71. The van der Waals surface area contributed by atoms with E-state index in [0.29, 0.717) is 23.7 Å². The van der Waals surface area contributed by atoms with Crippen LogP contribution in [-0.2, 0) is 9.47 Å². The van der Waals surface area contributed by atoms with Gasteiger partial charge in [0.15, 0.2) is 23.7 Å². The number of aliphatic hydroxyl groups excluding tert-OH is 1. The predicted molar refractivity (Wildman–Crippen MR) is 58.8 cm³/mol. The number of ether oxygens (including phenoxy) is 3. The van der Waals surface area contributed by atoms with Crippen molar-refractivity contribution in [3.8, 4) is 5.88 Å². The maximum absolute atomic E-state index is 8.96. The highest BCUT2D eigenvalue weighted by atomic mass is 16.7. The minimum absolute atomic E-state index is 0.179. The van der Waals surface area contributed by atoms with Gasteiger partial charge < -0.3 is 19.3 Å². The summed E-state index contributed by atoms with van der Waals surface area (Å²) in [6.07, 6.45) is 2.04. The van der Waals surface area contributed by atoms with Gasteiger partial charge in [0, 0.05) is 0 Å². The molecule has 3 rings (SSSR count). The summed E-state index contributed by atoms with van der Waals surface area (Å²) in [5, 5.41) is 8.96. The Balaban J connectivity index is 1.98. The molecule has 0 bridgehead atoms. The first-order valence-electron chi connectivity index (χ1n) is 5.43. The summed E-state index contributed by atoms with van der Waals surface area (Å²) in [7, 11) is 1.53. The number of aromatic nitrogens is 4. The van der Waals surface area contributed by atoms with Crippen LogP contribution in [0.25, 0.3) is 11.2 Å². The summed E-state index contributed by atoms with van der Waals surface area (Å²) in [6.45, 7) is 0.157. The van der Waals surface area contributed by atoms with E-state index in [1.54, 1.807) is 10.9 Å². The number of hydrogen-bond acceptors (Lipinski definition) is 7. The van der Waals surface area contributed by atoms with E-state index >= 15 is 0 Å². The Morgan fingerprint density at radius 3 is 3.11 bits per heavy atom. The molecule has 96 valence electrons. The van der Waals surface area contributed by atoms with E-state index in [1.165, 1.54) is 13.4 Å².